The molecule has 1 rings (SSSR count). The minimum absolute atomic E-state index is 0.241. The molecule has 1 heterocycles. The van der Waals surface area contributed by atoms with Crippen LogP contribution in [-0.4, -0.2) is 25.5 Å². The molecule has 1 unspecified atom stereocenters. The van der Waals surface area contributed by atoms with Crippen LogP contribution in [0.15, 0.2) is 0 Å². The summed E-state index contributed by atoms with van der Waals surface area (Å²) < 4.78 is 0. The fraction of sp³-hybridized carbons (Fsp3) is 0.933. The zero-order chi connectivity index (χ0) is 13.2. The molecule has 2 N–H and O–H groups in total. The molecule has 1 amide bonds. The Morgan fingerprint density at radius 2 is 2.22 bits per heavy atom. The van der Waals surface area contributed by atoms with Gasteiger partial charge in [-0.05, 0) is 50.6 Å². The lowest BCUT2D eigenvalue weighted by Crippen LogP contribution is -2.31. The van der Waals surface area contributed by atoms with Gasteiger partial charge in [0, 0.05) is 13.0 Å². The summed E-state index contributed by atoms with van der Waals surface area (Å²) >= 11 is 0. The topological polar surface area (TPSA) is 41.1 Å². The second kappa shape index (κ2) is 9.37. The Morgan fingerprint density at radius 3 is 2.89 bits per heavy atom. The Labute approximate surface area is 112 Å². The highest BCUT2D eigenvalue weighted by atomic mass is 16.1. The van der Waals surface area contributed by atoms with Crippen LogP contribution in [0.4, 0.5) is 0 Å². The van der Waals surface area contributed by atoms with Crippen LogP contribution < -0.4 is 10.6 Å². The van der Waals surface area contributed by atoms with Crippen LogP contribution >= 0.6 is 0 Å². The van der Waals surface area contributed by atoms with Gasteiger partial charge in [0.05, 0.1) is 0 Å². The van der Waals surface area contributed by atoms with E-state index in [1.807, 2.05) is 0 Å². The Hall–Kier alpha value is -0.570. The van der Waals surface area contributed by atoms with Crippen LogP contribution in [0.2, 0.25) is 0 Å². The van der Waals surface area contributed by atoms with Gasteiger partial charge in [-0.3, -0.25) is 4.79 Å². The number of rotatable bonds is 8. The zero-order valence-electron chi connectivity index (χ0n) is 12.1. The number of carbonyl (C=O) groups excluding carboxylic acids is 1. The molecule has 1 aliphatic heterocycles. The maximum Gasteiger partial charge on any atom is 0.220 e. The second-order valence-electron chi connectivity index (χ2n) is 5.99. The highest BCUT2D eigenvalue weighted by molar-refractivity contribution is 5.75. The van der Waals surface area contributed by atoms with Gasteiger partial charge in [-0.2, -0.15) is 0 Å². The van der Waals surface area contributed by atoms with Gasteiger partial charge in [0.15, 0.2) is 0 Å². The Kier molecular flexibility index (Phi) is 8.06. The molecule has 0 saturated carbocycles. The lowest BCUT2D eigenvalue weighted by molar-refractivity contribution is -0.121. The number of hydrogen-bond donors (Lipinski definition) is 2. The van der Waals surface area contributed by atoms with E-state index in [0.717, 1.165) is 38.4 Å². The maximum atomic E-state index is 11.7. The smallest absolute Gasteiger partial charge is 0.220 e. The summed E-state index contributed by atoms with van der Waals surface area (Å²) in [5, 5.41) is 6.43. The summed E-state index contributed by atoms with van der Waals surface area (Å²) in [7, 11) is 0. The first kappa shape index (κ1) is 15.5. The highest BCUT2D eigenvalue weighted by Gasteiger charge is 2.14. The maximum absolute atomic E-state index is 11.7. The average molecular weight is 254 g/mol. The van der Waals surface area contributed by atoms with Crippen molar-refractivity contribution < 1.29 is 4.79 Å². The SMILES string of the molecule is CC(C)CCCCNC(=O)CCC1CCCNC1. The highest BCUT2D eigenvalue weighted by Crippen LogP contribution is 2.15. The lowest BCUT2D eigenvalue weighted by Gasteiger charge is -2.22. The third kappa shape index (κ3) is 7.70. The molecule has 1 aliphatic rings. The van der Waals surface area contributed by atoms with Crippen molar-refractivity contribution in [2.45, 2.75) is 58.8 Å². The van der Waals surface area contributed by atoms with Crippen LogP contribution in [0, 0.1) is 11.8 Å². The molecule has 1 fully saturated rings. The molecule has 106 valence electrons. The van der Waals surface area contributed by atoms with Gasteiger partial charge in [0.25, 0.3) is 0 Å². The molecule has 1 saturated heterocycles. The van der Waals surface area contributed by atoms with Gasteiger partial charge < -0.3 is 10.6 Å². The number of carbonyl (C=O) groups is 1. The van der Waals surface area contributed by atoms with Gasteiger partial charge in [0.2, 0.25) is 5.91 Å². The molecule has 0 radical (unpaired) electrons. The number of piperidine rings is 1. The van der Waals surface area contributed by atoms with Crippen LogP contribution in [0.1, 0.15) is 58.8 Å². The Bertz CT molecular complexity index is 223. The van der Waals surface area contributed by atoms with Crippen molar-refractivity contribution >= 4 is 5.91 Å². The van der Waals surface area contributed by atoms with Crippen LogP contribution in [-0.2, 0) is 4.79 Å². The first-order valence-corrected chi connectivity index (χ1v) is 7.66. The van der Waals surface area contributed by atoms with E-state index in [1.54, 1.807) is 0 Å². The first-order chi connectivity index (χ1) is 8.68. The fourth-order valence-corrected chi connectivity index (χ4v) is 2.50. The summed E-state index contributed by atoms with van der Waals surface area (Å²) in [5.41, 5.74) is 0. The summed E-state index contributed by atoms with van der Waals surface area (Å²) in [6.07, 6.45) is 7.92. The molecule has 0 aromatic rings. The lowest BCUT2D eigenvalue weighted by atomic mass is 9.94. The predicted molar refractivity (Wildman–Crippen MR) is 76.5 cm³/mol. The molecule has 1 atom stereocenters. The minimum Gasteiger partial charge on any atom is -0.356 e. The molecule has 3 nitrogen and oxygen atoms in total. The molecule has 3 heteroatoms. The van der Waals surface area contributed by atoms with Gasteiger partial charge in [0.1, 0.15) is 0 Å². The molecule has 18 heavy (non-hydrogen) atoms. The Morgan fingerprint density at radius 1 is 1.39 bits per heavy atom. The van der Waals surface area contributed by atoms with Crippen molar-refractivity contribution in [3.05, 3.63) is 0 Å². The van der Waals surface area contributed by atoms with Crippen LogP contribution in [0.25, 0.3) is 0 Å². The van der Waals surface area contributed by atoms with Crippen molar-refractivity contribution in [1.82, 2.24) is 10.6 Å². The van der Waals surface area contributed by atoms with Crippen LogP contribution in [0.5, 0.6) is 0 Å². The van der Waals surface area contributed by atoms with Crippen LogP contribution in [0.3, 0.4) is 0 Å². The molecule has 0 bridgehead atoms. The first-order valence-electron chi connectivity index (χ1n) is 7.66. The van der Waals surface area contributed by atoms with Crippen molar-refractivity contribution in [3.63, 3.8) is 0 Å². The quantitative estimate of drug-likeness (QED) is 0.654. The number of amides is 1. The second-order valence-corrected chi connectivity index (χ2v) is 5.99. The average Bonchev–Trinajstić information content (AvgIpc) is 2.37. The summed E-state index contributed by atoms with van der Waals surface area (Å²) in [5.74, 6) is 1.73. The molecule has 0 aromatic heterocycles. The fourth-order valence-electron chi connectivity index (χ4n) is 2.50. The molecule has 0 aromatic carbocycles. The van der Waals surface area contributed by atoms with E-state index in [-0.39, 0.29) is 5.91 Å². The van der Waals surface area contributed by atoms with Gasteiger partial charge >= 0.3 is 0 Å². The van der Waals surface area contributed by atoms with E-state index in [2.05, 4.69) is 24.5 Å². The third-order valence-corrected chi connectivity index (χ3v) is 3.71. The van der Waals surface area contributed by atoms with Gasteiger partial charge in [-0.25, -0.2) is 0 Å². The minimum atomic E-state index is 0.241. The van der Waals surface area contributed by atoms with E-state index in [1.165, 1.54) is 25.7 Å². The number of unbranched alkanes of at least 4 members (excludes halogenated alkanes) is 1. The summed E-state index contributed by atoms with van der Waals surface area (Å²) in [6.45, 7) is 7.60. The van der Waals surface area contributed by atoms with Crippen molar-refractivity contribution in [3.8, 4) is 0 Å². The van der Waals surface area contributed by atoms with E-state index >= 15 is 0 Å². The standard InChI is InChI=1S/C15H30N2O/c1-13(2)6-3-4-11-17-15(18)9-8-14-7-5-10-16-12-14/h13-14,16H,3-12H2,1-2H3,(H,17,18). The van der Waals surface area contributed by atoms with E-state index in [9.17, 15) is 4.79 Å². The van der Waals surface area contributed by atoms with Gasteiger partial charge in [-0.1, -0.05) is 26.7 Å². The van der Waals surface area contributed by atoms with E-state index in [0.29, 0.717) is 12.3 Å². The third-order valence-electron chi connectivity index (χ3n) is 3.71. The summed E-state index contributed by atoms with van der Waals surface area (Å²) in [6, 6.07) is 0. The van der Waals surface area contributed by atoms with E-state index in [4.69, 9.17) is 0 Å². The normalized spacial score (nSPS) is 20.1. The number of hydrogen-bond acceptors (Lipinski definition) is 2. The largest absolute Gasteiger partial charge is 0.356 e. The zero-order valence-corrected chi connectivity index (χ0v) is 12.1. The predicted octanol–water partition coefficient (Wildman–Crippen LogP) is 2.71. The van der Waals surface area contributed by atoms with Crippen molar-refractivity contribution in [1.29, 1.82) is 0 Å². The van der Waals surface area contributed by atoms with E-state index < -0.39 is 0 Å². The van der Waals surface area contributed by atoms with Crippen molar-refractivity contribution in [2.75, 3.05) is 19.6 Å². The Balaban J connectivity index is 1.93. The van der Waals surface area contributed by atoms with Crippen molar-refractivity contribution in [2.24, 2.45) is 11.8 Å². The molecular weight excluding hydrogens is 224 g/mol. The molecular formula is C15H30N2O. The molecule has 0 aliphatic carbocycles. The summed E-state index contributed by atoms with van der Waals surface area (Å²) in [4.78, 5) is 11.7. The molecule has 0 spiro atoms. The monoisotopic (exact) mass is 254 g/mol. The van der Waals surface area contributed by atoms with Gasteiger partial charge in [-0.15, -0.1) is 0 Å². The number of nitrogens with one attached hydrogen (secondary N) is 2.